The van der Waals surface area contributed by atoms with Crippen LogP contribution in [0.2, 0.25) is 5.02 Å². The van der Waals surface area contributed by atoms with Gasteiger partial charge in [-0.25, -0.2) is 9.37 Å². The summed E-state index contributed by atoms with van der Waals surface area (Å²) in [4.78, 5) is 39.1. The first-order valence-electron chi connectivity index (χ1n) is 13.0. The highest BCUT2D eigenvalue weighted by molar-refractivity contribution is 6.33. The first kappa shape index (κ1) is 29.7. The summed E-state index contributed by atoms with van der Waals surface area (Å²) in [6.45, 7) is 8.32. The number of aliphatic hydroxyl groups is 1. The highest BCUT2D eigenvalue weighted by Crippen LogP contribution is 2.40. The molecule has 41 heavy (non-hydrogen) atoms. The summed E-state index contributed by atoms with van der Waals surface area (Å²) in [7, 11) is 1.59. The van der Waals surface area contributed by atoms with E-state index in [2.05, 4.69) is 16.6 Å². The van der Waals surface area contributed by atoms with E-state index in [1.165, 1.54) is 35.2 Å². The van der Waals surface area contributed by atoms with Gasteiger partial charge in [-0.1, -0.05) is 42.4 Å². The average Bonchev–Trinajstić information content (AvgIpc) is 2.95. The van der Waals surface area contributed by atoms with Crippen molar-refractivity contribution in [3.05, 3.63) is 83.2 Å². The van der Waals surface area contributed by atoms with Gasteiger partial charge in [0.2, 0.25) is 12.3 Å². The van der Waals surface area contributed by atoms with Crippen molar-refractivity contribution in [1.29, 1.82) is 0 Å². The van der Waals surface area contributed by atoms with Gasteiger partial charge >= 0.3 is 0 Å². The lowest BCUT2D eigenvalue weighted by molar-refractivity contribution is -0.128. The number of nitrogens with zero attached hydrogens (tertiary/aromatic N) is 5. The van der Waals surface area contributed by atoms with Crippen LogP contribution in [0.15, 0.2) is 66.2 Å². The lowest BCUT2D eigenvalue weighted by Crippen LogP contribution is -2.55. The smallest absolute Gasteiger partial charge is 0.246 e. The quantitative estimate of drug-likeness (QED) is 0.182. The Balaban J connectivity index is 1.95. The monoisotopic (exact) mass is 579 g/mol. The van der Waals surface area contributed by atoms with Gasteiger partial charge in [-0.3, -0.25) is 19.5 Å². The van der Waals surface area contributed by atoms with E-state index in [-0.39, 0.29) is 39.8 Å². The minimum atomic E-state index is -0.922. The van der Waals surface area contributed by atoms with E-state index >= 15 is 0 Å². The maximum absolute atomic E-state index is 15.0. The molecule has 9 nitrogen and oxygen atoms in total. The van der Waals surface area contributed by atoms with Crippen LogP contribution in [-0.4, -0.2) is 75.9 Å². The molecule has 2 N–H and O–H groups in total. The summed E-state index contributed by atoms with van der Waals surface area (Å²) in [6.07, 6.45) is 0.898. The number of benzene rings is 2. The van der Waals surface area contributed by atoms with Crippen molar-refractivity contribution in [3.8, 4) is 17.0 Å². The maximum atomic E-state index is 15.0. The number of amides is 2. The number of phenols is 1. The molecule has 2 aromatic carbocycles. The van der Waals surface area contributed by atoms with Crippen LogP contribution in [0.25, 0.3) is 11.3 Å². The number of para-hydroxylation sites is 1. The summed E-state index contributed by atoms with van der Waals surface area (Å²) in [6, 6.07) is 12.0. The molecule has 2 atom stereocenters. The van der Waals surface area contributed by atoms with Crippen LogP contribution in [0.4, 0.5) is 15.9 Å². The Morgan fingerprint density at radius 1 is 1.27 bits per heavy atom. The minimum absolute atomic E-state index is 0.0214. The molecule has 0 spiro atoms. The van der Waals surface area contributed by atoms with Gasteiger partial charge in [0.25, 0.3) is 0 Å². The van der Waals surface area contributed by atoms with E-state index in [1.807, 2.05) is 11.8 Å². The van der Waals surface area contributed by atoms with Gasteiger partial charge in [-0.15, -0.1) is 0 Å². The van der Waals surface area contributed by atoms with Crippen LogP contribution in [0.3, 0.4) is 0 Å². The predicted molar refractivity (Wildman–Crippen MR) is 157 cm³/mol. The largest absolute Gasteiger partial charge is 0.507 e. The van der Waals surface area contributed by atoms with Crippen molar-refractivity contribution in [2.24, 2.45) is 4.99 Å². The second-order valence-corrected chi connectivity index (χ2v) is 10.0. The molecule has 1 aromatic heterocycles. The molecule has 1 aliphatic heterocycles. The van der Waals surface area contributed by atoms with Crippen LogP contribution in [-0.2, 0) is 9.59 Å². The number of pyridine rings is 1. The van der Waals surface area contributed by atoms with Crippen molar-refractivity contribution in [1.82, 2.24) is 14.8 Å². The van der Waals surface area contributed by atoms with E-state index in [0.29, 0.717) is 48.7 Å². The van der Waals surface area contributed by atoms with Crippen LogP contribution in [0, 0.1) is 5.82 Å². The number of anilines is 2. The van der Waals surface area contributed by atoms with Gasteiger partial charge in [0, 0.05) is 38.3 Å². The molecule has 0 saturated carbocycles. The Morgan fingerprint density at radius 3 is 2.61 bits per heavy atom. The van der Waals surface area contributed by atoms with Crippen LogP contribution in [0.1, 0.15) is 31.1 Å². The van der Waals surface area contributed by atoms with Gasteiger partial charge in [-0.2, -0.15) is 0 Å². The molecule has 2 unspecified atom stereocenters. The third-order valence-electron chi connectivity index (χ3n) is 7.00. The topological polar surface area (TPSA) is 110 Å². The fourth-order valence-corrected chi connectivity index (χ4v) is 5.28. The molecule has 1 saturated heterocycles. The molecule has 4 rings (SSSR count). The standard InChI is InChI=1S/C30H31ClFN5O4/c1-5-26(41)35-13-14-36(18(2)16-35)29(33-4)21-15-22(31)28(27-23(32)10-8-12-25(27)40)34-30(21)37(17-38)24-11-7-6-9-20(24)19(3)39/h5-12,15,17-19,39-40H,1,13-14,16H2,2-4H3/b33-29+. The number of aromatic nitrogens is 1. The zero-order valence-electron chi connectivity index (χ0n) is 23.0. The first-order chi connectivity index (χ1) is 19.6. The number of carbonyl (C=O) groups excluding carboxylic acids is 2. The second kappa shape index (κ2) is 12.5. The van der Waals surface area contributed by atoms with Crippen LogP contribution in [0.5, 0.6) is 5.75 Å². The van der Waals surface area contributed by atoms with Gasteiger partial charge < -0.3 is 20.0 Å². The lowest BCUT2D eigenvalue weighted by atomic mass is 10.0. The normalized spacial score (nSPS) is 16.3. The minimum Gasteiger partial charge on any atom is -0.507 e. The summed E-state index contributed by atoms with van der Waals surface area (Å²) in [5, 5.41) is 21.0. The number of piperazine rings is 1. The number of aliphatic hydroxyl groups excluding tert-OH is 1. The molecule has 1 aliphatic rings. The Bertz CT molecular complexity index is 1490. The first-order valence-corrected chi connectivity index (χ1v) is 13.4. The van der Waals surface area contributed by atoms with E-state index in [0.717, 1.165) is 0 Å². The third-order valence-corrected chi connectivity index (χ3v) is 7.29. The van der Waals surface area contributed by atoms with E-state index in [4.69, 9.17) is 11.6 Å². The fourth-order valence-electron chi connectivity index (χ4n) is 5.04. The van der Waals surface area contributed by atoms with E-state index in [1.54, 1.807) is 43.1 Å². The number of rotatable bonds is 7. The Labute approximate surface area is 242 Å². The molecule has 2 amide bonds. The molecular formula is C30H31ClFN5O4. The highest BCUT2D eigenvalue weighted by Gasteiger charge is 2.32. The number of hydrogen-bond donors (Lipinski definition) is 2. The Kier molecular flexibility index (Phi) is 9.05. The summed E-state index contributed by atoms with van der Waals surface area (Å²) in [5.41, 5.74) is 0.867. The molecule has 214 valence electrons. The lowest BCUT2D eigenvalue weighted by Gasteiger charge is -2.41. The molecule has 11 heteroatoms. The molecule has 0 aliphatic carbocycles. The zero-order chi connectivity index (χ0) is 29.8. The number of carbonyl (C=O) groups is 2. The SMILES string of the molecule is C=CC(=O)N1CCN(/C(=N/C)c2cc(Cl)c(-c3c(O)cccc3F)nc2N(C=O)c2ccccc2C(C)O)C(C)C1. The van der Waals surface area contributed by atoms with Gasteiger partial charge in [-0.05, 0) is 44.2 Å². The Morgan fingerprint density at radius 2 is 2.00 bits per heavy atom. The summed E-state index contributed by atoms with van der Waals surface area (Å²) >= 11 is 6.69. The number of aromatic hydroxyl groups is 1. The van der Waals surface area contributed by atoms with Crippen molar-refractivity contribution < 1.29 is 24.2 Å². The van der Waals surface area contributed by atoms with Crippen LogP contribution < -0.4 is 4.90 Å². The number of amidine groups is 1. The van der Waals surface area contributed by atoms with Gasteiger partial charge in [0.15, 0.2) is 5.82 Å². The molecule has 0 bridgehead atoms. The van der Waals surface area contributed by atoms with Crippen molar-refractivity contribution in [3.63, 3.8) is 0 Å². The van der Waals surface area contributed by atoms with Crippen molar-refractivity contribution in [2.45, 2.75) is 26.0 Å². The summed E-state index contributed by atoms with van der Waals surface area (Å²) < 4.78 is 15.0. The predicted octanol–water partition coefficient (Wildman–Crippen LogP) is 4.69. The van der Waals surface area contributed by atoms with Crippen molar-refractivity contribution in [2.75, 3.05) is 31.6 Å². The number of halogens is 2. The summed E-state index contributed by atoms with van der Waals surface area (Å²) in [5.74, 6) is -0.791. The fraction of sp³-hybridized carbons (Fsp3) is 0.267. The van der Waals surface area contributed by atoms with Gasteiger partial charge in [0.05, 0.1) is 33.6 Å². The Hall–Kier alpha value is -4.28. The van der Waals surface area contributed by atoms with Crippen molar-refractivity contribution >= 4 is 41.3 Å². The second-order valence-electron chi connectivity index (χ2n) is 9.61. The number of phenolic OH excluding ortho intramolecular Hbond substituents is 1. The van der Waals surface area contributed by atoms with Gasteiger partial charge in [0.1, 0.15) is 17.4 Å². The third kappa shape index (κ3) is 5.79. The van der Waals surface area contributed by atoms with E-state index < -0.39 is 11.9 Å². The highest BCUT2D eigenvalue weighted by atomic mass is 35.5. The molecular weight excluding hydrogens is 549 g/mol. The average molecular weight is 580 g/mol. The molecule has 1 fully saturated rings. The molecule has 3 aromatic rings. The molecule has 0 radical (unpaired) electrons. The molecule has 2 heterocycles. The zero-order valence-corrected chi connectivity index (χ0v) is 23.7. The van der Waals surface area contributed by atoms with Crippen LogP contribution >= 0.6 is 11.6 Å². The van der Waals surface area contributed by atoms with E-state index in [9.17, 15) is 24.2 Å². The number of hydrogen-bond acceptors (Lipinski definition) is 6. The number of aliphatic imine (C=N–C) groups is 1. The maximum Gasteiger partial charge on any atom is 0.246 e.